The number of H-pyrrole nitrogens is 1. The number of rotatable bonds is 4. The molecular weight excluding hydrogens is 563 g/mol. The number of benzene rings is 1. The van der Waals surface area contributed by atoms with E-state index in [2.05, 4.69) is 30.8 Å². The number of amides is 1. The zero-order valence-electron chi connectivity index (χ0n) is 20.4. The van der Waals surface area contributed by atoms with Crippen molar-refractivity contribution in [2.75, 3.05) is 0 Å². The Morgan fingerprint density at radius 2 is 2.18 bits per heavy atom. The zero-order valence-corrected chi connectivity index (χ0v) is 22.8. The summed E-state index contributed by atoms with van der Waals surface area (Å²) in [7, 11) is 0. The molecule has 5 heterocycles. The average molecular weight is 583 g/mol. The largest absolute Gasteiger partial charge is 0.340 e. The molecule has 1 amide bonds. The van der Waals surface area contributed by atoms with Gasteiger partial charge in [0.15, 0.2) is 5.82 Å². The fourth-order valence-electron chi connectivity index (χ4n) is 5.37. The first-order valence-corrected chi connectivity index (χ1v) is 14.3. The van der Waals surface area contributed by atoms with E-state index in [1.54, 1.807) is 16.8 Å². The lowest BCUT2D eigenvalue weighted by molar-refractivity contribution is -0.117. The molecule has 1 saturated carbocycles. The van der Waals surface area contributed by atoms with Crippen LogP contribution in [0.2, 0.25) is 5.02 Å². The molecule has 4 aromatic rings. The number of thiol groups is 1. The van der Waals surface area contributed by atoms with Gasteiger partial charge in [-0.2, -0.15) is 4.68 Å². The van der Waals surface area contributed by atoms with Crippen molar-refractivity contribution in [1.29, 1.82) is 0 Å². The molecule has 1 fully saturated rings. The first-order valence-electron chi connectivity index (χ1n) is 12.1. The molecule has 1 aliphatic carbocycles. The molecule has 10 nitrogen and oxygen atoms in total. The summed E-state index contributed by atoms with van der Waals surface area (Å²) < 4.78 is 19.4. The average Bonchev–Trinajstić information content (AvgIpc) is 3.40. The third kappa shape index (κ3) is 4.07. The van der Waals surface area contributed by atoms with Crippen LogP contribution in [0.3, 0.4) is 0 Å². The number of pyridine rings is 1. The van der Waals surface area contributed by atoms with Crippen molar-refractivity contribution < 1.29 is 9.18 Å². The molecule has 3 aliphatic rings. The van der Waals surface area contributed by atoms with Crippen molar-refractivity contribution in [3.63, 3.8) is 0 Å². The van der Waals surface area contributed by atoms with Crippen LogP contribution < -0.4 is 10.9 Å². The second-order valence-electron chi connectivity index (χ2n) is 9.74. The van der Waals surface area contributed by atoms with E-state index in [0.717, 1.165) is 51.2 Å². The van der Waals surface area contributed by atoms with Gasteiger partial charge in [0.05, 0.1) is 28.6 Å². The topological polar surface area (TPSA) is 123 Å². The van der Waals surface area contributed by atoms with E-state index in [-0.39, 0.29) is 33.5 Å². The third-order valence-corrected chi connectivity index (χ3v) is 9.93. The van der Waals surface area contributed by atoms with Crippen LogP contribution in [0.15, 0.2) is 47.0 Å². The Labute approximate surface area is 233 Å². The number of nitrogens with zero attached hydrogens (tertiary/aromatic N) is 6. The number of hydrogen-bond donors (Lipinski definition) is 3. The van der Waals surface area contributed by atoms with E-state index in [9.17, 15) is 9.59 Å². The minimum Gasteiger partial charge on any atom is -0.340 e. The molecule has 14 heteroatoms. The number of hydrogen-bond acceptors (Lipinski definition) is 7. The predicted octanol–water partition coefficient (Wildman–Crippen LogP) is 3.77. The highest BCUT2D eigenvalue weighted by molar-refractivity contribution is 8.35. The molecule has 1 aromatic carbocycles. The van der Waals surface area contributed by atoms with Gasteiger partial charge in [0.25, 0.3) is 5.56 Å². The molecule has 1 atom stereocenters. The maximum absolute atomic E-state index is 15.5. The fraction of sp³-hybridized carbons (Fsp3) is 0.240. The van der Waals surface area contributed by atoms with Crippen LogP contribution >= 0.6 is 34.7 Å². The van der Waals surface area contributed by atoms with Crippen molar-refractivity contribution >= 4 is 49.8 Å². The van der Waals surface area contributed by atoms with Gasteiger partial charge in [-0.3, -0.25) is 9.59 Å². The lowest BCUT2D eigenvalue weighted by Gasteiger charge is -2.16. The second-order valence-corrected chi connectivity index (χ2v) is 12.5. The molecule has 7 rings (SSSR count). The van der Waals surface area contributed by atoms with Crippen LogP contribution in [0.4, 0.5) is 4.39 Å². The van der Waals surface area contributed by atoms with Crippen LogP contribution in [-0.2, 0) is 10.2 Å². The third-order valence-electron chi connectivity index (χ3n) is 7.28. The predicted molar refractivity (Wildman–Crippen MR) is 149 cm³/mol. The fourth-order valence-corrected chi connectivity index (χ4v) is 7.77. The highest BCUT2D eigenvalue weighted by Gasteiger charge is 2.54. The van der Waals surface area contributed by atoms with Crippen molar-refractivity contribution in [2.45, 2.75) is 37.6 Å². The number of halogens is 2. The Morgan fingerprint density at radius 1 is 1.33 bits per heavy atom. The van der Waals surface area contributed by atoms with Crippen molar-refractivity contribution in [2.24, 2.45) is 0 Å². The molecule has 39 heavy (non-hydrogen) atoms. The Balaban J connectivity index is 1.27. The molecule has 3 aromatic heterocycles. The number of carbonyl (C=O) groups excluding carboxylic acids is 1. The summed E-state index contributed by atoms with van der Waals surface area (Å²) >= 11 is 8.55. The van der Waals surface area contributed by atoms with Gasteiger partial charge in [-0.05, 0) is 58.9 Å². The number of thioether (sulfide) groups is 1. The lowest BCUT2D eigenvalue weighted by Crippen LogP contribution is -2.24. The zero-order chi connectivity index (χ0) is 26.9. The summed E-state index contributed by atoms with van der Waals surface area (Å²) in [5.41, 5.74) is 2.27. The summed E-state index contributed by atoms with van der Waals surface area (Å²) in [6.07, 6.45) is 5.73. The molecule has 2 N–H and O–H groups in total. The van der Waals surface area contributed by atoms with E-state index >= 15 is 4.39 Å². The summed E-state index contributed by atoms with van der Waals surface area (Å²) in [5, 5.41) is 16.0. The van der Waals surface area contributed by atoms with E-state index in [1.807, 2.05) is 11.5 Å². The molecule has 0 bridgehead atoms. The second kappa shape index (κ2) is 9.00. The Bertz CT molecular complexity index is 1790. The summed E-state index contributed by atoms with van der Waals surface area (Å²) in [6, 6.07) is 6.13. The minimum atomic E-state index is -0.638. The smallest absolute Gasteiger partial charge is 0.252 e. The van der Waals surface area contributed by atoms with Crippen LogP contribution in [0.1, 0.15) is 49.4 Å². The van der Waals surface area contributed by atoms with E-state index < -0.39 is 5.82 Å². The lowest BCUT2D eigenvalue weighted by atomic mass is 9.95. The standard InChI is InChI=1S/C25H20ClFN8O2S2/c1-12(36)30-24-38-10-18(39-24)15-9-28-23(31-15)17-8-25(4-5-25)19-6-13(7-20(37)35(17)19)21-16(34-11-29-32-33-34)3-2-14(26)22(21)27/h2-3,6-7,9-11,17,38H,4-5,8H2,1H3,(H,28,31)(H,30,36). The highest BCUT2D eigenvalue weighted by atomic mass is 35.5. The quantitative estimate of drug-likeness (QED) is 0.247. The maximum atomic E-state index is 15.5. The van der Waals surface area contributed by atoms with Gasteiger partial charge in [0.1, 0.15) is 16.5 Å². The number of tetrazole rings is 1. The van der Waals surface area contributed by atoms with Gasteiger partial charge in [0, 0.05) is 34.6 Å². The van der Waals surface area contributed by atoms with Crippen LogP contribution in [-0.4, -0.2) is 45.0 Å². The van der Waals surface area contributed by atoms with Crippen molar-refractivity contribution in [3.8, 4) is 16.8 Å². The van der Waals surface area contributed by atoms with Gasteiger partial charge in [0.2, 0.25) is 5.91 Å². The molecule has 2 aliphatic heterocycles. The highest BCUT2D eigenvalue weighted by Crippen LogP contribution is 2.59. The Kier molecular flexibility index (Phi) is 5.65. The summed E-state index contributed by atoms with van der Waals surface area (Å²) in [6.45, 7) is 1.48. The summed E-state index contributed by atoms with van der Waals surface area (Å²) in [5.74, 6) is -0.0517. The Hall–Kier alpha value is -3.55. The van der Waals surface area contributed by atoms with Crippen molar-refractivity contribution in [3.05, 3.63) is 80.6 Å². The Morgan fingerprint density at radius 3 is 2.92 bits per heavy atom. The van der Waals surface area contributed by atoms with Gasteiger partial charge >= 0.3 is 0 Å². The number of carbonyl (C=O) groups is 1. The number of aromatic amines is 1. The number of nitrogens with one attached hydrogen (secondary N) is 2. The molecule has 1 unspecified atom stereocenters. The van der Waals surface area contributed by atoms with Gasteiger partial charge < -0.3 is 14.9 Å². The van der Waals surface area contributed by atoms with E-state index in [1.165, 1.54) is 41.8 Å². The molecule has 0 saturated heterocycles. The van der Waals surface area contributed by atoms with E-state index in [4.69, 9.17) is 11.6 Å². The minimum absolute atomic E-state index is 0.0538. The van der Waals surface area contributed by atoms with Crippen LogP contribution in [0, 0.1) is 5.82 Å². The number of fused-ring (bicyclic) bond motifs is 2. The van der Waals surface area contributed by atoms with Crippen molar-refractivity contribution in [1.82, 2.24) is 40.1 Å². The normalized spacial score (nSPS) is 18.9. The molecule has 0 radical (unpaired) electrons. The van der Waals surface area contributed by atoms with Gasteiger partial charge in [-0.25, -0.2) is 9.37 Å². The molecule has 1 spiro atoms. The first kappa shape index (κ1) is 24.5. The first-order chi connectivity index (χ1) is 18.8. The number of aromatic nitrogens is 7. The van der Waals surface area contributed by atoms with E-state index in [0.29, 0.717) is 17.1 Å². The van der Waals surface area contributed by atoms with Gasteiger partial charge in [-0.1, -0.05) is 23.4 Å². The van der Waals surface area contributed by atoms with Crippen LogP contribution in [0.5, 0.6) is 0 Å². The summed E-state index contributed by atoms with van der Waals surface area (Å²) in [4.78, 5) is 34.1. The molecular formula is C25H20ClFN8O2S2. The van der Waals surface area contributed by atoms with Gasteiger partial charge in [-0.15, -0.1) is 16.4 Å². The SMILES string of the molecule is CC(=O)NC1=[SH]C=C(c2cnc(C3CC4(CC4)c4cc(-c5c(-n6cnnn6)ccc(Cl)c5F)cc(=O)n43)[nH]2)S1. The van der Waals surface area contributed by atoms with Crippen LogP contribution in [0.25, 0.3) is 21.7 Å². The molecule has 198 valence electrons. The monoisotopic (exact) mass is 582 g/mol. The number of imidazole rings is 1. The maximum Gasteiger partial charge on any atom is 0.252 e.